The summed E-state index contributed by atoms with van der Waals surface area (Å²) in [4.78, 5) is 41.3. The number of esters is 1. The number of nitrogens with zero attached hydrogens (tertiary/aromatic N) is 2. The third kappa shape index (κ3) is 5.30. The number of carbonyl (C=O) groups is 3. The van der Waals surface area contributed by atoms with E-state index in [0.29, 0.717) is 28.1 Å². The van der Waals surface area contributed by atoms with Gasteiger partial charge in [0.15, 0.2) is 5.78 Å². The Hall–Kier alpha value is -3.45. The maximum atomic E-state index is 13.8. The van der Waals surface area contributed by atoms with Crippen LogP contribution in [0.4, 0.5) is 4.39 Å². The zero-order chi connectivity index (χ0) is 25.9. The molecule has 0 saturated heterocycles. The molecule has 1 aromatic heterocycles. The van der Waals surface area contributed by atoms with Crippen LogP contribution in [0.15, 0.2) is 48.5 Å². The Morgan fingerprint density at radius 2 is 1.71 bits per heavy atom. The van der Waals surface area contributed by atoms with Gasteiger partial charge in [-0.2, -0.15) is 0 Å². The predicted octanol–water partition coefficient (Wildman–Crippen LogP) is 5.52. The van der Waals surface area contributed by atoms with E-state index in [1.807, 2.05) is 0 Å². The molecule has 6 nitrogen and oxygen atoms in total. The van der Waals surface area contributed by atoms with Gasteiger partial charge in [0.2, 0.25) is 0 Å². The van der Waals surface area contributed by atoms with Gasteiger partial charge in [-0.15, -0.1) is 0 Å². The summed E-state index contributed by atoms with van der Waals surface area (Å²) in [5.74, 6) is -1.67. The lowest BCUT2D eigenvalue weighted by atomic mass is 9.98. The van der Waals surface area contributed by atoms with Crippen molar-refractivity contribution in [3.8, 4) is 0 Å². The van der Waals surface area contributed by atoms with E-state index in [9.17, 15) is 18.8 Å². The van der Waals surface area contributed by atoms with Crippen LogP contribution in [0.2, 0.25) is 5.02 Å². The van der Waals surface area contributed by atoms with E-state index in [2.05, 4.69) is 0 Å². The van der Waals surface area contributed by atoms with Crippen molar-refractivity contribution in [1.29, 1.82) is 0 Å². The summed E-state index contributed by atoms with van der Waals surface area (Å²) in [7, 11) is 1.70. The molecule has 0 aliphatic carbocycles. The number of hydrogen-bond acceptors (Lipinski definition) is 4. The smallest absolute Gasteiger partial charge is 0.355 e. The molecule has 0 saturated carbocycles. The fraction of sp³-hybridized carbons (Fsp3) is 0.296. The zero-order valence-corrected chi connectivity index (χ0v) is 21.1. The summed E-state index contributed by atoms with van der Waals surface area (Å²) in [6.07, 6.45) is 0. The number of aromatic nitrogens is 1. The minimum atomic E-state index is -0.904. The van der Waals surface area contributed by atoms with Crippen molar-refractivity contribution in [1.82, 2.24) is 9.47 Å². The molecule has 0 aliphatic heterocycles. The first-order chi connectivity index (χ1) is 16.6. The quantitative estimate of drug-likeness (QED) is 0.303. The van der Waals surface area contributed by atoms with Gasteiger partial charge in [-0.1, -0.05) is 35.9 Å². The molecule has 8 heteroatoms. The standard InChI is InChI=1S/C27H28ClFN2O4/c1-6-35-27(34)24-16(2)23(17(3)30(24)5)25(32)18(4)31(15-19-11-13-20(29)14-12-19)26(33)21-9-7-8-10-22(21)28/h7-14,18H,6,15H2,1-5H3. The van der Waals surface area contributed by atoms with Crippen LogP contribution in [-0.2, 0) is 18.3 Å². The highest BCUT2D eigenvalue weighted by Crippen LogP contribution is 2.27. The molecule has 184 valence electrons. The maximum Gasteiger partial charge on any atom is 0.355 e. The summed E-state index contributed by atoms with van der Waals surface area (Å²) in [6, 6.07) is 11.4. The number of hydrogen-bond donors (Lipinski definition) is 0. The minimum Gasteiger partial charge on any atom is -0.461 e. The minimum absolute atomic E-state index is 0.0624. The van der Waals surface area contributed by atoms with E-state index in [0.717, 1.165) is 0 Å². The van der Waals surface area contributed by atoms with Gasteiger partial charge in [0.1, 0.15) is 11.5 Å². The molecule has 2 aromatic carbocycles. The first kappa shape index (κ1) is 26.2. The van der Waals surface area contributed by atoms with Gasteiger partial charge in [0.25, 0.3) is 5.91 Å². The van der Waals surface area contributed by atoms with Crippen LogP contribution in [0.1, 0.15) is 61.9 Å². The lowest BCUT2D eigenvalue weighted by Gasteiger charge is -2.29. The molecular formula is C27H28ClFN2O4. The van der Waals surface area contributed by atoms with E-state index in [4.69, 9.17) is 16.3 Å². The van der Waals surface area contributed by atoms with Gasteiger partial charge < -0.3 is 14.2 Å². The van der Waals surface area contributed by atoms with E-state index in [1.54, 1.807) is 75.7 Å². The first-order valence-corrected chi connectivity index (χ1v) is 11.6. The van der Waals surface area contributed by atoms with Gasteiger partial charge in [0, 0.05) is 24.8 Å². The van der Waals surface area contributed by atoms with E-state index in [1.165, 1.54) is 17.0 Å². The largest absolute Gasteiger partial charge is 0.461 e. The summed E-state index contributed by atoms with van der Waals surface area (Å²) in [5, 5.41) is 0.262. The van der Waals surface area contributed by atoms with E-state index in [-0.39, 0.29) is 29.5 Å². The molecule has 3 aromatic rings. The molecule has 0 radical (unpaired) electrons. The van der Waals surface area contributed by atoms with Gasteiger partial charge in [-0.05, 0) is 63.1 Å². The molecule has 1 atom stereocenters. The molecule has 3 rings (SSSR count). The first-order valence-electron chi connectivity index (χ1n) is 11.3. The van der Waals surface area contributed by atoms with Gasteiger partial charge >= 0.3 is 5.97 Å². The molecule has 1 heterocycles. The molecule has 0 fully saturated rings. The van der Waals surface area contributed by atoms with Crippen molar-refractivity contribution in [2.24, 2.45) is 7.05 Å². The Bertz CT molecular complexity index is 1270. The number of ketones is 1. The highest BCUT2D eigenvalue weighted by molar-refractivity contribution is 6.33. The van der Waals surface area contributed by atoms with Crippen molar-refractivity contribution in [2.75, 3.05) is 6.61 Å². The van der Waals surface area contributed by atoms with Crippen LogP contribution in [0, 0.1) is 19.7 Å². The SMILES string of the molecule is CCOC(=O)c1c(C)c(C(=O)C(C)N(Cc2ccc(F)cc2)C(=O)c2ccccc2Cl)c(C)n1C. The van der Waals surface area contributed by atoms with Crippen molar-refractivity contribution in [3.63, 3.8) is 0 Å². The summed E-state index contributed by atoms with van der Waals surface area (Å²) >= 11 is 6.29. The average molecular weight is 499 g/mol. The zero-order valence-electron chi connectivity index (χ0n) is 20.4. The van der Waals surface area contributed by atoms with Crippen molar-refractivity contribution in [2.45, 2.75) is 40.3 Å². The number of benzene rings is 2. The highest BCUT2D eigenvalue weighted by Gasteiger charge is 2.33. The van der Waals surface area contributed by atoms with Gasteiger partial charge in [0.05, 0.1) is 23.2 Å². The van der Waals surface area contributed by atoms with Crippen LogP contribution in [0.3, 0.4) is 0 Å². The van der Waals surface area contributed by atoms with E-state index < -0.39 is 23.7 Å². The van der Waals surface area contributed by atoms with Gasteiger partial charge in [-0.3, -0.25) is 9.59 Å². The van der Waals surface area contributed by atoms with Crippen molar-refractivity contribution < 1.29 is 23.5 Å². The Kier molecular flexibility index (Phi) is 8.12. The second-order valence-corrected chi connectivity index (χ2v) is 8.70. The Morgan fingerprint density at radius 3 is 2.31 bits per heavy atom. The second-order valence-electron chi connectivity index (χ2n) is 8.29. The number of halogens is 2. The average Bonchev–Trinajstić information content (AvgIpc) is 3.05. The van der Waals surface area contributed by atoms with Crippen LogP contribution in [-0.4, -0.2) is 39.8 Å². The van der Waals surface area contributed by atoms with Gasteiger partial charge in [-0.25, -0.2) is 9.18 Å². The molecule has 1 amide bonds. The number of rotatable bonds is 8. The highest BCUT2D eigenvalue weighted by atomic mass is 35.5. The normalized spacial score (nSPS) is 11.7. The Labute approximate surface area is 209 Å². The van der Waals surface area contributed by atoms with Crippen LogP contribution in [0.5, 0.6) is 0 Å². The fourth-order valence-corrected chi connectivity index (χ4v) is 4.36. The molecule has 1 unspecified atom stereocenters. The summed E-state index contributed by atoms with van der Waals surface area (Å²) < 4.78 is 20.3. The Balaban J connectivity index is 2.05. The Morgan fingerprint density at radius 1 is 1.09 bits per heavy atom. The predicted molar refractivity (Wildman–Crippen MR) is 132 cm³/mol. The molecule has 0 aliphatic rings. The summed E-state index contributed by atoms with van der Waals surface area (Å²) in [5.41, 5.74) is 2.65. The molecule has 35 heavy (non-hydrogen) atoms. The molecule has 0 N–H and O–H groups in total. The fourth-order valence-electron chi connectivity index (χ4n) is 4.14. The van der Waals surface area contributed by atoms with Crippen LogP contribution >= 0.6 is 11.6 Å². The lowest BCUT2D eigenvalue weighted by molar-refractivity contribution is 0.0513. The van der Waals surface area contributed by atoms with Crippen molar-refractivity contribution >= 4 is 29.3 Å². The van der Waals surface area contributed by atoms with Crippen LogP contribution in [0.25, 0.3) is 0 Å². The number of carbonyl (C=O) groups excluding carboxylic acids is 3. The molecule has 0 spiro atoms. The van der Waals surface area contributed by atoms with Crippen molar-refractivity contribution in [3.05, 3.63) is 93.0 Å². The summed E-state index contributed by atoms with van der Waals surface area (Å²) in [6.45, 7) is 7.06. The number of Topliss-reactive ketones (excluding diaryl/α,β-unsaturated/α-hetero) is 1. The third-order valence-electron chi connectivity index (χ3n) is 6.12. The lowest BCUT2D eigenvalue weighted by Crippen LogP contribution is -2.43. The molecular weight excluding hydrogens is 471 g/mol. The maximum absolute atomic E-state index is 13.8. The van der Waals surface area contributed by atoms with E-state index >= 15 is 0 Å². The molecule has 0 bridgehead atoms. The number of ether oxygens (including phenoxy) is 1. The third-order valence-corrected chi connectivity index (χ3v) is 6.45. The monoisotopic (exact) mass is 498 g/mol. The van der Waals surface area contributed by atoms with Crippen LogP contribution < -0.4 is 0 Å². The topological polar surface area (TPSA) is 68.6 Å². The second kappa shape index (κ2) is 10.9. The number of amides is 1.